The van der Waals surface area contributed by atoms with Gasteiger partial charge in [-0.3, -0.25) is 9.97 Å². The monoisotopic (exact) mass is 345 g/mol. The van der Waals surface area contributed by atoms with Crippen LogP contribution in [0.1, 0.15) is 0 Å². The van der Waals surface area contributed by atoms with Crippen LogP contribution in [-0.2, 0) is 0 Å². The van der Waals surface area contributed by atoms with E-state index in [2.05, 4.69) is 76.7 Å². The predicted octanol–water partition coefficient (Wildman–Crippen LogP) is 6.08. The Morgan fingerprint density at radius 2 is 1.52 bits per heavy atom. The Hall–Kier alpha value is -3.72. The van der Waals surface area contributed by atoms with Crippen LogP contribution in [-0.4, -0.2) is 15.0 Å². The second-order valence-electron chi connectivity index (χ2n) is 6.84. The number of aromatic amines is 1. The molecule has 0 atom stereocenters. The van der Waals surface area contributed by atoms with Gasteiger partial charge in [-0.25, -0.2) is 0 Å². The maximum absolute atomic E-state index is 4.77. The van der Waals surface area contributed by atoms with Gasteiger partial charge in [-0.15, -0.1) is 0 Å². The molecule has 0 amide bonds. The second-order valence-corrected chi connectivity index (χ2v) is 6.84. The summed E-state index contributed by atoms with van der Waals surface area (Å²) in [5, 5.41) is 4.71. The Morgan fingerprint density at radius 1 is 0.667 bits per heavy atom. The summed E-state index contributed by atoms with van der Waals surface area (Å²) in [6.45, 7) is 0. The molecule has 3 heteroatoms. The summed E-state index contributed by atoms with van der Waals surface area (Å²) in [6, 6.07) is 25.3. The molecule has 27 heavy (non-hydrogen) atoms. The molecule has 0 aliphatic heterocycles. The zero-order valence-electron chi connectivity index (χ0n) is 14.5. The highest BCUT2D eigenvalue weighted by Gasteiger charge is 2.11. The Labute approximate surface area is 155 Å². The van der Waals surface area contributed by atoms with Crippen LogP contribution in [0.3, 0.4) is 0 Å². The van der Waals surface area contributed by atoms with E-state index < -0.39 is 0 Å². The van der Waals surface area contributed by atoms with E-state index in [4.69, 9.17) is 4.98 Å². The van der Waals surface area contributed by atoms with Gasteiger partial charge >= 0.3 is 0 Å². The summed E-state index contributed by atoms with van der Waals surface area (Å²) in [6.07, 6.45) is 3.78. The molecule has 0 radical (unpaired) electrons. The highest BCUT2D eigenvalue weighted by Crippen LogP contribution is 2.34. The minimum absolute atomic E-state index is 0.945. The maximum Gasteiger partial charge on any atom is 0.0964 e. The molecule has 126 valence electrons. The topological polar surface area (TPSA) is 41.6 Å². The summed E-state index contributed by atoms with van der Waals surface area (Å²) >= 11 is 0. The van der Waals surface area contributed by atoms with Gasteiger partial charge in [0.2, 0.25) is 0 Å². The molecule has 0 unspecified atom stereocenters. The highest BCUT2D eigenvalue weighted by atomic mass is 14.7. The van der Waals surface area contributed by atoms with Crippen molar-refractivity contribution in [2.24, 2.45) is 0 Å². The Bertz CT molecular complexity index is 1480. The number of nitrogens with one attached hydrogen (secondary N) is 1. The molecule has 0 fully saturated rings. The largest absolute Gasteiger partial charge is 0.354 e. The summed E-state index contributed by atoms with van der Waals surface area (Å²) in [5.41, 5.74) is 6.47. The lowest BCUT2D eigenvalue weighted by Gasteiger charge is -2.07. The lowest BCUT2D eigenvalue weighted by Crippen LogP contribution is -1.87. The van der Waals surface area contributed by atoms with Crippen LogP contribution in [0.2, 0.25) is 0 Å². The van der Waals surface area contributed by atoms with Crippen molar-refractivity contribution >= 4 is 43.6 Å². The third kappa shape index (κ3) is 2.09. The number of para-hydroxylation sites is 2. The molecule has 0 bridgehead atoms. The van der Waals surface area contributed by atoms with Gasteiger partial charge < -0.3 is 4.98 Å². The minimum atomic E-state index is 0.945. The Morgan fingerprint density at radius 3 is 2.52 bits per heavy atom. The highest BCUT2D eigenvalue weighted by molar-refractivity contribution is 6.12. The smallest absolute Gasteiger partial charge is 0.0964 e. The van der Waals surface area contributed by atoms with Crippen molar-refractivity contribution in [2.45, 2.75) is 0 Å². The summed E-state index contributed by atoms with van der Waals surface area (Å²) < 4.78 is 0. The first-order valence-electron chi connectivity index (χ1n) is 9.02. The fraction of sp³-hybridized carbons (Fsp3) is 0. The fourth-order valence-electron chi connectivity index (χ4n) is 4.00. The van der Waals surface area contributed by atoms with Crippen molar-refractivity contribution in [3.8, 4) is 11.1 Å². The Kier molecular flexibility index (Phi) is 2.88. The molecule has 1 N–H and O–H groups in total. The second kappa shape index (κ2) is 5.39. The zero-order chi connectivity index (χ0) is 17.8. The van der Waals surface area contributed by atoms with E-state index in [0.29, 0.717) is 0 Å². The summed E-state index contributed by atoms with van der Waals surface area (Å²) in [7, 11) is 0. The first-order valence-corrected chi connectivity index (χ1v) is 9.02. The molecule has 0 saturated carbocycles. The molecule has 6 rings (SSSR count). The number of hydrogen-bond acceptors (Lipinski definition) is 2. The van der Waals surface area contributed by atoms with Gasteiger partial charge in [0.1, 0.15) is 0 Å². The minimum Gasteiger partial charge on any atom is -0.354 e. The SMILES string of the molecule is c1cnc2c(c1)ccc1cc(-c3cccc4c3[nH]c3ccccc34)cnc12. The fourth-order valence-corrected chi connectivity index (χ4v) is 4.00. The van der Waals surface area contributed by atoms with E-state index in [9.17, 15) is 0 Å². The average molecular weight is 345 g/mol. The third-order valence-electron chi connectivity index (χ3n) is 5.28. The number of fused-ring (bicyclic) bond motifs is 6. The maximum atomic E-state index is 4.77. The molecule has 0 aliphatic carbocycles. The van der Waals surface area contributed by atoms with Crippen LogP contribution in [0.4, 0.5) is 0 Å². The number of hydrogen-bond donors (Lipinski definition) is 1. The van der Waals surface area contributed by atoms with E-state index >= 15 is 0 Å². The van der Waals surface area contributed by atoms with Crippen molar-refractivity contribution in [1.82, 2.24) is 15.0 Å². The number of H-pyrrole nitrogens is 1. The molecule has 0 saturated heterocycles. The van der Waals surface area contributed by atoms with Crippen LogP contribution in [0.5, 0.6) is 0 Å². The van der Waals surface area contributed by atoms with Crippen molar-refractivity contribution in [1.29, 1.82) is 0 Å². The van der Waals surface area contributed by atoms with Crippen LogP contribution in [0.25, 0.3) is 54.7 Å². The molecule has 3 aromatic carbocycles. The van der Waals surface area contributed by atoms with Gasteiger partial charge in [0.15, 0.2) is 0 Å². The molecule has 0 aliphatic rings. The summed E-state index contributed by atoms with van der Waals surface area (Å²) in [4.78, 5) is 12.9. The molecular weight excluding hydrogens is 330 g/mol. The van der Waals surface area contributed by atoms with Gasteiger partial charge in [0, 0.05) is 50.6 Å². The van der Waals surface area contributed by atoms with E-state index in [1.807, 2.05) is 18.5 Å². The predicted molar refractivity (Wildman–Crippen MR) is 112 cm³/mol. The molecule has 3 heterocycles. The van der Waals surface area contributed by atoms with Crippen molar-refractivity contribution in [3.05, 3.63) is 85.2 Å². The number of nitrogens with zero attached hydrogens (tertiary/aromatic N) is 2. The quantitative estimate of drug-likeness (QED) is 0.367. The van der Waals surface area contributed by atoms with Crippen molar-refractivity contribution < 1.29 is 0 Å². The van der Waals surface area contributed by atoms with Gasteiger partial charge in [-0.2, -0.15) is 0 Å². The first kappa shape index (κ1) is 14.4. The number of aromatic nitrogens is 3. The lowest BCUT2D eigenvalue weighted by atomic mass is 10.0. The summed E-state index contributed by atoms with van der Waals surface area (Å²) in [5.74, 6) is 0. The molecule has 3 aromatic heterocycles. The van der Waals surface area contributed by atoms with E-state index in [1.165, 1.54) is 16.3 Å². The van der Waals surface area contributed by atoms with E-state index in [-0.39, 0.29) is 0 Å². The number of benzene rings is 3. The van der Waals surface area contributed by atoms with Crippen LogP contribution < -0.4 is 0 Å². The number of rotatable bonds is 1. The van der Waals surface area contributed by atoms with Gasteiger partial charge in [0.05, 0.1) is 16.6 Å². The van der Waals surface area contributed by atoms with Crippen LogP contribution in [0, 0.1) is 0 Å². The van der Waals surface area contributed by atoms with Gasteiger partial charge in [-0.1, -0.05) is 54.6 Å². The van der Waals surface area contributed by atoms with Gasteiger partial charge in [0.25, 0.3) is 0 Å². The van der Waals surface area contributed by atoms with E-state index in [0.717, 1.165) is 38.4 Å². The molecular formula is C24H15N3. The first-order chi connectivity index (χ1) is 13.4. The molecule has 3 nitrogen and oxygen atoms in total. The van der Waals surface area contributed by atoms with Gasteiger partial charge in [-0.05, 0) is 18.2 Å². The van der Waals surface area contributed by atoms with E-state index in [1.54, 1.807) is 0 Å². The van der Waals surface area contributed by atoms with Crippen LogP contribution in [0.15, 0.2) is 85.2 Å². The Balaban J connectivity index is 1.64. The number of pyridine rings is 2. The normalized spacial score (nSPS) is 11.7. The standard InChI is InChI=1S/C24H15N3/c1-2-9-21-19(6-1)20-8-3-7-18(24(20)27-21)17-13-16-11-10-15-5-4-12-25-22(15)23(16)26-14-17/h1-14,27H. The van der Waals surface area contributed by atoms with Crippen LogP contribution >= 0.6 is 0 Å². The average Bonchev–Trinajstić information content (AvgIpc) is 3.12. The lowest BCUT2D eigenvalue weighted by molar-refractivity contribution is 1.37. The van der Waals surface area contributed by atoms with Crippen molar-refractivity contribution in [2.75, 3.05) is 0 Å². The molecule has 0 spiro atoms. The third-order valence-corrected chi connectivity index (χ3v) is 5.28. The molecule has 6 aromatic rings. The zero-order valence-corrected chi connectivity index (χ0v) is 14.5. The van der Waals surface area contributed by atoms with Crippen molar-refractivity contribution in [3.63, 3.8) is 0 Å².